The summed E-state index contributed by atoms with van der Waals surface area (Å²) in [5, 5.41) is 17.7. The van der Waals surface area contributed by atoms with Crippen LogP contribution in [-0.2, 0) is 6.54 Å². The van der Waals surface area contributed by atoms with E-state index in [1.54, 1.807) is 0 Å². The maximum atomic E-state index is 8.93. The Hall–Kier alpha value is -1.37. The summed E-state index contributed by atoms with van der Waals surface area (Å²) in [5.74, 6) is 0.457. The van der Waals surface area contributed by atoms with Crippen molar-refractivity contribution in [1.82, 2.24) is 4.90 Å². The number of aliphatic hydroxyl groups is 1. The third-order valence-electron chi connectivity index (χ3n) is 3.16. The van der Waals surface area contributed by atoms with Crippen LogP contribution >= 0.6 is 0 Å². The Bertz CT molecular complexity index is 416. The number of rotatable bonds is 3. The molecule has 0 spiro atoms. The summed E-state index contributed by atoms with van der Waals surface area (Å²) in [5.41, 5.74) is 3.17. The standard InChI is InChI=1S/C13H16N2O/c1-10-4-11(5-14)2-3-13(10)8-15-6-12(7-15)9-16/h2-4,12,16H,6-9H2,1H3. The van der Waals surface area contributed by atoms with Crippen molar-refractivity contribution in [2.75, 3.05) is 19.7 Å². The van der Waals surface area contributed by atoms with E-state index in [0.29, 0.717) is 12.5 Å². The van der Waals surface area contributed by atoms with Crippen LogP contribution in [0.4, 0.5) is 0 Å². The summed E-state index contributed by atoms with van der Waals surface area (Å²) in [4.78, 5) is 2.31. The number of hydrogen-bond acceptors (Lipinski definition) is 3. The molecule has 0 aromatic heterocycles. The summed E-state index contributed by atoms with van der Waals surface area (Å²) in [6.45, 7) is 5.22. The number of nitrogens with zero attached hydrogens (tertiary/aromatic N) is 2. The fourth-order valence-electron chi connectivity index (χ4n) is 2.11. The second kappa shape index (κ2) is 4.65. The molecule has 1 aliphatic heterocycles. The molecule has 0 saturated carbocycles. The second-order valence-corrected chi connectivity index (χ2v) is 4.50. The number of aryl methyl sites for hydroxylation is 1. The van der Waals surface area contributed by atoms with Gasteiger partial charge in [0.2, 0.25) is 0 Å². The minimum absolute atomic E-state index is 0.294. The number of aliphatic hydroxyl groups excluding tert-OH is 1. The van der Waals surface area contributed by atoms with Gasteiger partial charge in [0.25, 0.3) is 0 Å². The number of nitriles is 1. The first-order valence-corrected chi connectivity index (χ1v) is 5.55. The van der Waals surface area contributed by atoms with Crippen molar-refractivity contribution in [2.45, 2.75) is 13.5 Å². The average Bonchev–Trinajstić information content (AvgIpc) is 2.24. The predicted octanol–water partition coefficient (Wildman–Crippen LogP) is 1.29. The van der Waals surface area contributed by atoms with E-state index in [0.717, 1.165) is 25.2 Å². The molecule has 3 nitrogen and oxygen atoms in total. The van der Waals surface area contributed by atoms with Gasteiger partial charge in [-0.1, -0.05) is 6.07 Å². The summed E-state index contributed by atoms with van der Waals surface area (Å²) in [6, 6.07) is 7.97. The van der Waals surface area contributed by atoms with Crippen LogP contribution in [0.15, 0.2) is 18.2 Å². The molecule has 1 aromatic carbocycles. The molecule has 1 heterocycles. The van der Waals surface area contributed by atoms with Gasteiger partial charge >= 0.3 is 0 Å². The van der Waals surface area contributed by atoms with E-state index in [-0.39, 0.29) is 0 Å². The number of likely N-dealkylation sites (tertiary alicyclic amines) is 1. The molecule has 1 N–H and O–H groups in total. The number of benzene rings is 1. The molecule has 0 amide bonds. The zero-order valence-corrected chi connectivity index (χ0v) is 9.48. The monoisotopic (exact) mass is 216 g/mol. The maximum Gasteiger partial charge on any atom is 0.0991 e. The van der Waals surface area contributed by atoms with Crippen molar-refractivity contribution in [3.8, 4) is 6.07 Å². The molecule has 3 heteroatoms. The van der Waals surface area contributed by atoms with Gasteiger partial charge in [0.05, 0.1) is 11.6 Å². The lowest BCUT2D eigenvalue weighted by Crippen LogP contribution is -2.47. The molecule has 16 heavy (non-hydrogen) atoms. The Morgan fingerprint density at radius 3 is 2.81 bits per heavy atom. The van der Waals surface area contributed by atoms with Crippen molar-refractivity contribution in [1.29, 1.82) is 5.26 Å². The smallest absolute Gasteiger partial charge is 0.0991 e. The van der Waals surface area contributed by atoms with Crippen LogP contribution in [0, 0.1) is 24.2 Å². The predicted molar refractivity (Wildman–Crippen MR) is 61.7 cm³/mol. The first-order chi connectivity index (χ1) is 7.72. The van der Waals surface area contributed by atoms with E-state index >= 15 is 0 Å². The SMILES string of the molecule is Cc1cc(C#N)ccc1CN1CC(CO)C1. The van der Waals surface area contributed by atoms with E-state index < -0.39 is 0 Å². The highest BCUT2D eigenvalue weighted by Crippen LogP contribution is 2.20. The van der Waals surface area contributed by atoms with Crippen LogP contribution < -0.4 is 0 Å². The average molecular weight is 216 g/mol. The highest BCUT2D eigenvalue weighted by atomic mass is 16.3. The van der Waals surface area contributed by atoms with Crippen LogP contribution in [-0.4, -0.2) is 29.7 Å². The molecule has 2 rings (SSSR count). The second-order valence-electron chi connectivity index (χ2n) is 4.50. The Balaban J connectivity index is 1.98. The molecule has 1 aromatic rings. The first kappa shape index (κ1) is 11.1. The molecular formula is C13H16N2O. The third-order valence-corrected chi connectivity index (χ3v) is 3.16. The summed E-state index contributed by atoms with van der Waals surface area (Å²) in [7, 11) is 0. The molecule has 1 fully saturated rings. The summed E-state index contributed by atoms with van der Waals surface area (Å²) in [6.07, 6.45) is 0. The van der Waals surface area contributed by atoms with Gasteiger partial charge in [-0.05, 0) is 30.2 Å². The van der Waals surface area contributed by atoms with Crippen molar-refractivity contribution in [3.63, 3.8) is 0 Å². The molecule has 0 bridgehead atoms. The van der Waals surface area contributed by atoms with Crippen LogP contribution in [0.25, 0.3) is 0 Å². The van der Waals surface area contributed by atoms with E-state index in [9.17, 15) is 0 Å². The molecule has 0 atom stereocenters. The van der Waals surface area contributed by atoms with E-state index in [1.165, 1.54) is 11.1 Å². The fourth-order valence-corrected chi connectivity index (χ4v) is 2.11. The largest absolute Gasteiger partial charge is 0.396 e. The quantitative estimate of drug-likeness (QED) is 0.828. The van der Waals surface area contributed by atoms with E-state index in [2.05, 4.69) is 11.0 Å². The van der Waals surface area contributed by atoms with Gasteiger partial charge in [0.15, 0.2) is 0 Å². The Labute approximate surface area is 95.9 Å². The van der Waals surface area contributed by atoms with Crippen molar-refractivity contribution < 1.29 is 5.11 Å². The van der Waals surface area contributed by atoms with Gasteiger partial charge in [-0.3, -0.25) is 4.90 Å². The molecule has 1 aliphatic rings. The Morgan fingerprint density at radius 2 is 2.25 bits per heavy atom. The summed E-state index contributed by atoms with van der Waals surface area (Å²) < 4.78 is 0. The molecule has 0 aliphatic carbocycles. The van der Waals surface area contributed by atoms with Crippen molar-refractivity contribution >= 4 is 0 Å². The molecule has 0 radical (unpaired) electrons. The normalized spacial score (nSPS) is 16.8. The van der Waals surface area contributed by atoms with Crippen LogP contribution in [0.2, 0.25) is 0 Å². The van der Waals surface area contributed by atoms with E-state index in [4.69, 9.17) is 10.4 Å². The Morgan fingerprint density at radius 1 is 1.50 bits per heavy atom. The van der Waals surface area contributed by atoms with Crippen LogP contribution in [0.1, 0.15) is 16.7 Å². The third kappa shape index (κ3) is 2.24. The van der Waals surface area contributed by atoms with Gasteiger partial charge < -0.3 is 5.11 Å². The van der Waals surface area contributed by atoms with Gasteiger partial charge in [-0.25, -0.2) is 0 Å². The molecule has 0 unspecified atom stereocenters. The van der Waals surface area contributed by atoms with Crippen molar-refractivity contribution in [2.24, 2.45) is 5.92 Å². The lowest BCUT2D eigenvalue weighted by Gasteiger charge is -2.38. The molecule has 84 valence electrons. The van der Waals surface area contributed by atoms with Gasteiger partial charge in [0, 0.05) is 32.2 Å². The highest BCUT2D eigenvalue weighted by molar-refractivity contribution is 5.37. The Kier molecular flexibility index (Phi) is 3.23. The number of hydrogen-bond donors (Lipinski definition) is 1. The van der Waals surface area contributed by atoms with Gasteiger partial charge in [-0.2, -0.15) is 5.26 Å². The van der Waals surface area contributed by atoms with Gasteiger partial charge in [0.1, 0.15) is 0 Å². The van der Waals surface area contributed by atoms with Crippen LogP contribution in [0.5, 0.6) is 0 Å². The topological polar surface area (TPSA) is 47.3 Å². The maximum absolute atomic E-state index is 8.93. The summed E-state index contributed by atoms with van der Waals surface area (Å²) >= 11 is 0. The van der Waals surface area contributed by atoms with Crippen LogP contribution in [0.3, 0.4) is 0 Å². The molecule has 1 saturated heterocycles. The van der Waals surface area contributed by atoms with E-state index in [1.807, 2.05) is 25.1 Å². The lowest BCUT2D eigenvalue weighted by molar-refractivity contribution is 0.0478. The lowest BCUT2D eigenvalue weighted by atomic mass is 9.98. The zero-order chi connectivity index (χ0) is 11.5. The van der Waals surface area contributed by atoms with Gasteiger partial charge in [-0.15, -0.1) is 0 Å². The minimum Gasteiger partial charge on any atom is -0.396 e. The highest BCUT2D eigenvalue weighted by Gasteiger charge is 2.25. The first-order valence-electron chi connectivity index (χ1n) is 5.55. The fraction of sp³-hybridized carbons (Fsp3) is 0.462. The van der Waals surface area contributed by atoms with Crippen molar-refractivity contribution in [3.05, 3.63) is 34.9 Å². The molecular weight excluding hydrogens is 200 g/mol. The minimum atomic E-state index is 0.294. The zero-order valence-electron chi connectivity index (χ0n) is 9.48.